The second kappa shape index (κ2) is 6.35. The highest BCUT2D eigenvalue weighted by atomic mass is 79.9. The normalized spacial score (nSPS) is 17.2. The fourth-order valence-electron chi connectivity index (χ4n) is 2.57. The SMILES string of the molecule is O=S(=O)(c1ccccc1Br)N(CCO)C1CCCC1. The molecule has 1 N–H and O–H groups in total. The molecule has 0 heterocycles. The molecular weight excluding hydrogens is 330 g/mol. The van der Waals surface area contributed by atoms with Crippen LogP contribution in [0.5, 0.6) is 0 Å². The molecule has 1 saturated carbocycles. The topological polar surface area (TPSA) is 57.6 Å². The molecule has 0 radical (unpaired) electrons. The molecule has 1 aliphatic rings. The summed E-state index contributed by atoms with van der Waals surface area (Å²) in [6, 6.07) is 6.83. The molecule has 4 nitrogen and oxygen atoms in total. The second-order valence-electron chi connectivity index (χ2n) is 4.71. The highest BCUT2D eigenvalue weighted by Crippen LogP contribution is 2.31. The maximum Gasteiger partial charge on any atom is 0.244 e. The monoisotopic (exact) mass is 347 g/mol. The molecule has 6 heteroatoms. The predicted octanol–water partition coefficient (Wildman–Crippen LogP) is 2.37. The predicted molar refractivity (Wildman–Crippen MR) is 77.4 cm³/mol. The van der Waals surface area contributed by atoms with Gasteiger partial charge < -0.3 is 5.11 Å². The van der Waals surface area contributed by atoms with Crippen LogP contribution in [0.2, 0.25) is 0 Å². The van der Waals surface area contributed by atoms with Gasteiger partial charge in [-0.1, -0.05) is 25.0 Å². The molecule has 0 unspecified atom stereocenters. The van der Waals surface area contributed by atoms with E-state index in [1.807, 2.05) is 0 Å². The van der Waals surface area contributed by atoms with E-state index in [1.165, 1.54) is 4.31 Å². The van der Waals surface area contributed by atoms with E-state index < -0.39 is 10.0 Å². The van der Waals surface area contributed by atoms with E-state index in [0.717, 1.165) is 25.7 Å². The Morgan fingerprint density at radius 3 is 2.47 bits per heavy atom. The van der Waals surface area contributed by atoms with E-state index in [2.05, 4.69) is 15.9 Å². The maximum absolute atomic E-state index is 12.7. The Bertz CT molecular complexity index is 526. The van der Waals surface area contributed by atoms with Crippen molar-refractivity contribution in [3.05, 3.63) is 28.7 Å². The van der Waals surface area contributed by atoms with Gasteiger partial charge in [-0.2, -0.15) is 4.31 Å². The van der Waals surface area contributed by atoms with Crippen LogP contribution in [-0.2, 0) is 10.0 Å². The minimum absolute atomic E-state index is 0.0178. The molecule has 0 aromatic heterocycles. The molecule has 0 atom stereocenters. The Morgan fingerprint density at radius 1 is 1.26 bits per heavy atom. The number of nitrogens with zero attached hydrogens (tertiary/aromatic N) is 1. The number of halogens is 1. The van der Waals surface area contributed by atoms with Gasteiger partial charge in [-0.25, -0.2) is 8.42 Å². The third-order valence-corrected chi connectivity index (χ3v) is 6.44. The summed E-state index contributed by atoms with van der Waals surface area (Å²) in [4.78, 5) is 0.273. The lowest BCUT2D eigenvalue weighted by Crippen LogP contribution is -2.40. The summed E-state index contributed by atoms with van der Waals surface area (Å²) in [6.45, 7) is 0.00845. The van der Waals surface area contributed by atoms with E-state index in [4.69, 9.17) is 5.11 Å². The van der Waals surface area contributed by atoms with Crippen molar-refractivity contribution in [2.45, 2.75) is 36.6 Å². The zero-order chi connectivity index (χ0) is 13.9. The van der Waals surface area contributed by atoms with Gasteiger partial charge in [0.1, 0.15) is 0 Å². The van der Waals surface area contributed by atoms with Crippen molar-refractivity contribution in [1.82, 2.24) is 4.31 Å². The molecule has 106 valence electrons. The van der Waals surface area contributed by atoms with Crippen LogP contribution >= 0.6 is 15.9 Å². The van der Waals surface area contributed by atoms with E-state index in [1.54, 1.807) is 24.3 Å². The minimum Gasteiger partial charge on any atom is -0.395 e. The van der Waals surface area contributed by atoms with Crippen LogP contribution in [0.3, 0.4) is 0 Å². The molecular formula is C13H18BrNO3S. The molecule has 0 saturated heterocycles. The van der Waals surface area contributed by atoms with Crippen molar-refractivity contribution in [1.29, 1.82) is 0 Å². The highest BCUT2D eigenvalue weighted by Gasteiger charge is 2.33. The average Bonchev–Trinajstić information content (AvgIpc) is 2.89. The second-order valence-corrected chi connectivity index (χ2v) is 7.42. The van der Waals surface area contributed by atoms with Crippen LogP contribution in [0.1, 0.15) is 25.7 Å². The Hall–Kier alpha value is -0.430. The van der Waals surface area contributed by atoms with Crippen molar-refractivity contribution < 1.29 is 13.5 Å². The summed E-state index contributed by atoms with van der Waals surface area (Å²) in [5, 5.41) is 9.16. The zero-order valence-electron chi connectivity index (χ0n) is 10.6. The number of hydrogen-bond donors (Lipinski definition) is 1. The lowest BCUT2D eigenvalue weighted by molar-refractivity contribution is 0.226. The molecule has 2 rings (SSSR count). The Morgan fingerprint density at radius 2 is 1.89 bits per heavy atom. The molecule has 1 fully saturated rings. The first-order valence-corrected chi connectivity index (χ1v) is 8.68. The van der Waals surface area contributed by atoms with Gasteiger partial charge in [0.05, 0.1) is 11.5 Å². The first-order chi connectivity index (χ1) is 9.07. The van der Waals surface area contributed by atoms with E-state index >= 15 is 0 Å². The van der Waals surface area contributed by atoms with Crippen LogP contribution in [-0.4, -0.2) is 37.0 Å². The van der Waals surface area contributed by atoms with Gasteiger partial charge in [0, 0.05) is 17.1 Å². The number of benzene rings is 1. The van der Waals surface area contributed by atoms with Gasteiger partial charge in [0.2, 0.25) is 10.0 Å². The summed E-state index contributed by atoms with van der Waals surface area (Å²) in [5.74, 6) is 0. The molecule has 0 amide bonds. The fourth-order valence-corrected chi connectivity index (χ4v) is 5.21. The summed E-state index contributed by atoms with van der Waals surface area (Å²) in [7, 11) is -3.55. The molecule has 19 heavy (non-hydrogen) atoms. The lowest BCUT2D eigenvalue weighted by atomic mass is 10.2. The first-order valence-electron chi connectivity index (χ1n) is 6.44. The van der Waals surface area contributed by atoms with Gasteiger partial charge in [0.15, 0.2) is 0 Å². The largest absolute Gasteiger partial charge is 0.395 e. The van der Waals surface area contributed by atoms with Gasteiger partial charge in [0.25, 0.3) is 0 Å². The van der Waals surface area contributed by atoms with Crippen molar-refractivity contribution in [3.8, 4) is 0 Å². The third kappa shape index (κ3) is 3.18. The van der Waals surface area contributed by atoms with Gasteiger partial charge in [-0.05, 0) is 40.9 Å². The van der Waals surface area contributed by atoms with Gasteiger partial charge >= 0.3 is 0 Å². The van der Waals surface area contributed by atoms with Crippen LogP contribution in [0.25, 0.3) is 0 Å². The molecule has 0 bridgehead atoms. The lowest BCUT2D eigenvalue weighted by Gasteiger charge is -2.27. The molecule has 1 aliphatic carbocycles. The van der Waals surface area contributed by atoms with E-state index in [-0.39, 0.29) is 24.1 Å². The van der Waals surface area contributed by atoms with Crippen LogP contribution in [0.15, 0.2) is 33.6 Å². The van der Waals surface area contributed by atoms with Crippen molar-refractivity contribution in [3.63, 3.8) is 0 Å². The Labute approximate surface area is 122 Å². The van der Waals surface area contributed by atoms with Crippen molar-refractivity contribution in [2.75, 3.05) is 13.2 Å². The van der Waals surface area contributed by atoms with Crippen LogP contribution in [0.4, 0.5) is 0 Å². The summed E-state index contributed by atoms with van der Waals surface area (Å²) in [5.41, 5.74) is 0. The zero-order valence-corrected chi connectivity index (χ0v) is 13.0. The van der Waals surface area contributed by atoms with Crippen molar-refractivity contribution in [2.24, 2.45) is 0 Å². The van der Waals surface area contributed by atoms with Crippen LogP contribution < -0.4 is 0 Å². The average molecular weight is 348 g/mol. The minimum atomic E-state index is -3.55. The first kappa shape index (κ1) is 15.0. The van der Waals surface area contributed by atoms with Gasteiger partial charge in [-0.3, -0.25) is 0 Å². The fraction of sp³-hybridized carbons (Fsp3) is 0.538. The van der Waals surface area contributed by atoms with E-state index in [9.17, 15) is 8.42 Å². The summed E-state index contributed by atoms with van der Waals surface area (Å²) >= 11 is 3.29. The maximum atomic E-state index is 12.7. The number of aliphatic hydroxyl groups excluding tert-OH is 1. The Kier molecular flexibility index (Phi) is 5.00. The Balaban J connectivity index is 2.36. The van der Waals surface area contributed by atoms with E-state index in [0.29, 0.717) is 4.47 Å². The standard InChI is InChI=1S/C13H18BrNO3S/c14-12-7-3-4-8-13(12)19(17,18)15(9-10-16)11-5-1-2-6-11/h3-4,7-8,11,16H,1-2,5-6,9-10H2. The quantitative estimate of drug-likeness (QED) is 0.889. The summed E-state index contributed by atoms with van der Waals surface area (Å²) in [6.07, 6.45) is 3.86. The number of sulfonamides is 1. The van der Waals surface area contributed by atoms with Crippen LogP contribution in [0, 0.1) is 0 Å². The number of hydrogen-bond acceptors (Lipinski definition) is 3. The van der Waals surface area contributed by atoms with Gasteiger partial charge in [-0.15, -0.1) is 0 Å². The molecule has 0 aliphatic heterocycles. The number of aliphatic hydroxyl groups is 1. The smallest absolute Gasteiger partial charge is 0.244 e. The molecule has 0 spiro atoms. The number of rotatable bonds is 5. The highest BCUT2D eigenvalue weighted by molar-refractivity contribution is 9.10. The molecule has 1 aromatic rings. The summed E-state index contributed by atoms with van der Waals surface area (Å²) < 4.78 is 27.5. The third-order valence-electron chi connectivity index (χ3n) is 3.48. The molecule has 1 aromatic carbocycles. The van der Waals surface area contributed by atoms with Crippen molar-refractivity contribution >= 4 is 26.0 Å².